The van der Waals surface area contributed by atoms with Crippen molar-refractivity contribution in [1.82, 2.24) is 0 Å². The molecule has 1 aliphatic rings. The second kappa shape index (κ2) is 6.06. The zero-order valence-corrected chi connectivity index (χ0v) is 11.3. The molecule has 0 fully saturated rings. The molecule has 0 spiro atoms. The molecule has 4 nitrogen and oxygen atoms in total. The zero-order chi connectivity index (χ0) is 13.8. The molecular weight excluding hydrogens is 242 g/mol. The Morgan fingerprint density at radius 2 is 2.32 bits per heavy atom. The third-order valence-electron chi connectivity index (χ3n) is 3.70. The van der Waals surface area contributed by atoms with Gasteiger partial charge in [-0.25, -0.2) is 0 Å². The lowest BCUT2D eigenvalue weighted by atomic mass is 9.93. The van der Waals surface area contributed by atoms with Crippen LogP contribution in [0.1, 0.15) is 43.2 Å². The Bertz CT molecular complexity index is 459. The van der Waals surface area contributed by atoms with Crippen molar-refractivity contribution in [3.05, 3.63) is 29.3 Å². The van der Waals surface area contributed by atoms with Gasteiger partial charge in [-0.2, -0.15) is 0 Å². The largest absolute Gasteiger partial charge is 0.494 e. The van der Waals surface area contributed by atoms with Crippen LogP contribution in [0.4, 0.5) is 0 Å². The number of carbonyl (C=O) groups is 1. The van der Waals surface area contributed by atoms with Gasteiger partial charge in [-0.3, -0.25) is 4.79 Å². The predicted octanol–water partition coefficient (Wildman–Crippen LogP) is 2.31. The molecule has 2 rings (SSSR count). The van der Waals surface area contributed by atoms with E-state index >= 15 is 0 Å². The molecule has 2 atom stereocenters. The Kier molecular flexibility index (Phi) is 4.43. The van der Waals surface area contributed by atoms with Crippen molar-refractivity contribution in [3.8, 4) is 5.75 Å². The first-order valence-corrected chi connectivity index (χ1v) is 6.84. The van der Waals surface area contributed by atoms with Crippen LogP contribution in [0.3, 0.4) is 0 Å². The molecule has 1 aromatic carbocycles. The first-order valence-electron chi connectivity index (χ1n) is 6.84. The first-order chi connectivity index (χ1) is 9.11. The van der Waals surface area contributed by atoms with Crippen molar-refractivity contribution in [2.75, 3.05) is 6.61 Å². The van der Waals surface area contributed by atoms with E-state index in [2.05, 4.69) is 12.1 Å². The second-order valence-corrected chi connectivity index (χ2v) is 5.05. The Morgan fingerprint density at radius 3 is 3.00 bits per heavy atom. The fraction of sp³-hybridized carbons (Fsp3) is 0.533. The number of hydrogen-bond donors (Lipinski definition) is 2. The Hall–Kier alpha value is -1.55. The van der Waals surface area contributed by atoms with E-state index in [0.717, 1.165) is 18.6 Å². The van der Waals surface area contributed by atoms with Crippen LogP contribution in [0.5, 0.6) is 5.75 Å². The van der Waals surface area contributed by atoms with Gasteiger partial charge in [0, 0.05) is 12.5 Å². The molecule has 2 unspecified atom stereocenters. The zero-order valence-electron chi connectivity index (χ0n) is 11.3. The van der Waals surface area contributed by atoms with Gasteiger partial charge in [-0.1, -0.05) is 6.07 Å². The number of ether oxygens (including phenoxy) is 1. The third kappa shape index (κ3) is 3.26. The summed E-state index contributed by atoms with van der Waals surface area (Å²) in [5.74, 6) is 0.433. The maximum atomic E-state index is 10.6. The molecule has 0 aromatic heterocycles. The van der Waals surface area contributed by atoms with Crippen molar-refractivity contribution in [3.63, 3.8) is 0 Å². The topological polar surface area (TPSA) is 72.5 Å². The highest BCUT2D eigenvalue weighted by atomic mass is 16.5. The van der Waals surface area contributed by atoms with Crippen LogP contribution in [-0.4, -0.2) is 23.7 Å². The fourth-order valence-electron chi connectivity index (χ4n) is 2.85. The van der Waals surface area contributed by atoms with E-state index < -0.39 is 5.97 Å². The highest BCUT2D eigenvalue weighted by molar-refractivity contribution is 5.66. The van der Waals surface area contributed by atoms with Crippen LogP contribution in [0.2, 0.25) is 0 Å². The van der Waals surface area contributed by atoms with E-state index in [1.54, 1.807) is 0 Å². The lowest BCUT2D eigenvalue weighted by molar-refractivity contribution is -0.137. The minimum absolute atomic E-state index is 0.0978. The van der Waals surface area contributed by atoms with Gasteiger partial charge < -0.3 is 15.6 Å². The molecule has 19 heavy (non-hydrogen) atoms. The smallest absolute Gasteiger partial charge is 0.303 e. The minimum Gasteiger partial charge on any atom is -0.494 e. The molecule has 1 aromatic rings. The fourth-order valence-corrected chi connectivity index (χ4v) is 2.85. The molecule has 0 radical (unpaired) electrons. The summed E-state index contributed by atoms with van der Waals surface area (Å²) in [5.41, 5.74) is 8.70. The number of carboxylic acids is 1. The number of hydrogen-bond acceptors (Lipinski definition) is 3. The molecule has 1 aliphatic carbocycles. The number of fused-ring (bicyclic) bond motifs is 1. The molecule has 3 N–H and O–H groups in total. The number of rotatable bonds is 6. The van der Waals surface area contributed by atoms with Crippen LogP contribution < -0.4 is 10.5 Å². The number of carboxylic acid groups (broad SMARTS) is 1. The summed E-state index contributed by atoms with van der Waals surface area (Å²) in [6.45, 7) is 2.63. The summed E-state index contributed by atoms with van der Waals surface area (Å²) < 4.78 is 5.50. The molecule has 0 bridgehead atoms. The van der Waals surface area contributed by atoms with Gasteiger partial charge in [-0.05, 0) is 55.4 Å². The summed E-state index contributed by atoms with van der Waals surface area (Å²) in [6.07, 6.45) is 2.60. The first kappa shape index (κ1) is 13.9. The van der Waals surface area contributed by atoms with E-state index in [0.29, 0.717) is 13.0 Å². The van der Waals surface area contributed by atoms with E-state index in [1.165, 1.54) is 11.1 Å². The second-order valence-electron chi connectivity index (χ2n) is 5.05. The van der Waals surface area contributed by atoms with Crippen molar-refractivity contribution in [2.45, 2.75) is 44.6 Å². The highest BCUT2D eigenvalue weighted by Crippen LogP contribution is 2.37. The quantitative estimate of drug-likeness (QED) is 0.826. The van der Waals surface area contributed by atoms with Crippen LogP contribution >= 0.6 is 0 Å². The SMILES string of the molecule is CCOc1ccc2c(c1)CC(N)C2CCCC(=O)O. The van der Waals surface area contributed by atoms with Crippen molar-refractivity contribution < 1.29 is 14.6 Å². The standard InChI is InChI=1S/C15H21NO3/c1-2-19-11-6-7-12-10(8-11)9-14(16)13(12)4-3-5-15(17)18/h6-8,13-14H,2-5,9,16H2,1H3,(H,17,18). The van der Waals surface area contributed by atoms with Gasteiger partial charge in [0.1, 0.15) is 5.75 Å². The Balaban J connectivity index is 2.06. The summed E-state index contributed by atoms with van der Waals surface area (Å²) in [7, 11) is 0. The molecule has 0 saturated heterocycles. The van der Waals surface area contributed by atoms with Crippen molar-refractivity contribution in [1.29, 1.82) is 0 Å². The van der Waals surface area contributed by atoms with Crippen LogP contribution in [0.25, 0.3) is 0 Å². The van der Waals surface area contributed by atoms with E-state index in [-0.39, 0.29) is 18.4 Å². The summed E-state index contributed by atoms with van der Waals surface area (Å²) >= 11 is 0. The monoisotopic (exact) mass is 263 g/mol. The van der Waals surface area contributed by atoms with E-state index in [4.69, 9.17) is 15.6 Å². The normalized spacial score (nSPS) is 21.2. The van der Waals surface area contributed by atoms with Gasteiger partial charge in [0.05, 0.1) is 6.61 Å². The van der Waals surface area contributed by atoms with Gasteiger partial charge in [0.15, 0.2) is 0 Å². The Labute approximate surface area is 113 Å². The minimum atomic E-state index is -0.738. The maximum absolute atomic E-state index is 10.6. The van der Waals surface area contributed by atoms with Crippen LogP contribution in [0, 0.1) is 0 Å². The summed E-state index contributed by atoms with van der Waals surface area (Å²) in [4.78, 5) is 10.6. The number of nitrogens with two attached hydrogens (primary N) is 1. The number of benzene rings is 1. The van der Waals surface area contributed by atoms with E-state index in [1.807, 2.05) is 13.0 Å². The summed E-state index contributed by atoms with van der Waals surface area (Å²) in [5, 5.41) is 8.70. The Morgan fingerprint density at radius 1 is 1.53 bits per heavy atom. The molecule has 0 aliphatic heterocycles. The molecule has 104 valence electrons. The number of aliphatic carboxylic acids is 1. The van der Waals surface area contributed by atoms with Gasteiger partial charge >= 0.3 is 5.97 Å². The average Bonchev–Trinajstić information content (AvgIpc) is 2.65. The molecular formula is C15H21NO3. The lowest BCUT2D eigenvalue weighted by Crippen LogP contribution is -2.25. The highest BCUT2D eigenvalue weighted by Gasteiger charge is 2.29. The van der Waals surface area contributed by atoms with Gasteiger partial charge in [0.2, 0.25) is 0 Å². The molecule has 0 heterocycles. The predicted molar refractivity (Wildman–Crippen MR) is 73.5 cm³/mol. The maximum Gasteiger partial charge on any atom is 0.303 e. The van der Waals surface area contributed by atoms with E-state index in [9.17, 15) is 4.79 Å². The average molecular weight is 263 g/mol. The van der Waals surface area contributed by atoms with Crippen LogP contribution in [-0.2, 0) is 11.2 Å². The van der Waals surface area contributed by atoms with Crippen LogP contribution in [0.15, 0.2) is 18.2 Å². The molecule has 4 heteroatoms. The van der Waals surface area contributed by atoms with Crippen molar-refractivity contribution >= 4 is 5.97 Å². The molecule has 0 saturated carbocycles. The molecule has 0 amide bonds. The summed E-state index contributed by atoms with van der Waals surface area (Å²) in [6, 6.07) is 6.22. The van der Waals surface area contributed by atoms with Crippen molar-refractivity contribution in [2.24, 2.45) is 5.73 Å². The van der Waals surface area contributed by atoms with Gasteiger partial charge in [0.25, 0.3) is 0 Å². The third-order valence-corrected chi connectivity index (χ3v) is 3.70. The van der Waals surface area contributed by atoms with Gasteiger partial charge in [-0.15, -0.1) is 0 Å². The lowest BCUT2D eigenvalue weighted by Gasteiger charge is -2.16.